The number of thiophene rings is 1. The van der Waals surface area contributed by atoms with Crippen molar-refractivity contribution < 1.29 is 38.5 Å². The summed E-state index contributed by atoms with van der Waals surface area (Å²) in [6.45, 7) is 10.2. The Morgan fingerprint density at radius 2 is 1.66 bits per heavy atom. The fourth-order valence-corrected chi connectivity index (χ4v) is 9.40. The van der Waals surface area contributed by atoms with Gasteiger partial charge < -0.3 is 34.9 Å². The average molecular weight is 935 g/mol. The van der Waals surface area contributed by atoms with Crippen LogP contribution in [0.4, 0.5) is 5.00 Å². The molecule has 3 N–H and O–H groups in total. The van der Waals surface area contributed by atoms with Crippen molar-refractivity contribution in [1.29, 1.82) is 0 Å². The molecule has 3 amide bonds. The molecule has 2 aliphatic rings. The van der Waals surface area contributed by atoms with Gasteiger partial charge in [0.15, 0.2) is 5.78 Å². The molecule has 4 aromatic rings. The Kier molecular flexibility index (Phi) is 19.5. The van der Waals surface area contributed by atoms with Crippen molar-refractivity contribution in [3.8, 4) is 5.69 Å². The molecule has 2 aromatic heterocycles. The summed E-state index contributed by atoms with van der Waals surface area (Å²) in [5.41, 5.74) is 4.23. The van der Waals surface area contributed by atoms with Crippen molar-refractivity contribution in [3.05, 3.63) is 98.6 Å². The third-order valence-corrected chi connectivity index (χ3v) is 13.2. The molecule has 352 valence electrons. The zero-order chi connectivity index (χ0) is 46.1. The lowest BCUT2D eigenvalue weighted by molar-refractivity contribution is -0.132. The van der Waals surface area contributed by atoms with Crippen LogP contribution in [0.5, 0.6) is 0 Å². The topological polar surface area (TPSA) is 168 Å². The van der Waals surface area contributed by atoms with Crippen LogP contribution >= 0.6 is 22.9 Å². The first-order valence-corrected chi connectivity index (χ1v) is 24.0. The molecule has 0 bridgehead atoms. The van der Waals surface area contributed by atoms with Gasteiger partial charge in [-0.3, -0.25) is 29.0 Å². The first-order chi connectivity index (χ1) is 31.6. The van der Waals surface area contributed by atoms with E-state index >= 15 is 0 Å². The van der Waals surface area contributed by atoms with E-state index in [-0.39, 0.29) is 55.6 Å². The van der Waals surface area contributed by atoms with E-state index in [1.807, 2.05) is 30.3 Å². The summed E-state index contributed by atoms with van der Waals surface area (Å²) in [6, 6.07) is 15.7. The van der Waals surface area contributed by atoms with Crippen LogP contribution in [0.1, 0.15) is 94.7 Å². The normalized spacial score (nSPS) is 13.9. The van der Waals surface area contributed by atoms with Gasteiger partial charge in [0.05, 0.1) is 69.3 Å². The molecule has 65 heavy (non-hydrogen) atoms. The summed E-state index contributed by atoms with van der Waals surface area (Å²) in [4.78, 5) is 61.6. The molecule has 0 unspecified atom stereocenters. The Labute approximate surface area is 391 Å². The number of aliphatic hydroxyl groups is 1. The second-order valence-corrected chi connectivity index (χ2v) is 18.0. The summed E-state index contributed by atoms with van der Waals surface area (Å²) in [5, 5.41) is 20.3. The van der Waals surface area contributed by atoms with Crippen LogP contribution in [0.3, 0.4) is 0 Å². The Morgan fingerprint density at radius 1 is 0.938 bits per heavy atom. The average Bonchev–Trinajstić information content (AvgIpc) is 3.94. The molecule has 0 saturated heterocycles. The molecule has 6 rings (SSSR count). The van der Waals surface area contributed by atoms with Crippen molar-refractivity contribution in [2.24, 2.45) is 0 Å². The standard InChI is InChI=1S/C48H64ClN7O8S/c1-4-38(5-2)55(21-20-53(3)44(59)16-15-43(58)50-18-23-62-25-27-64-28-26-63-24-22-57)31-34-7-6-8-35(29-34)47(61)52-48-45(41-17-19-54(39-13-14-39)33-42(41)65-48)46(60)36-30-51-56(32-36)40-11-9-37(49)10-12-40/h6-12,29-30,32,38-39,57H,4-5,13-28,31,33H2,1-3H3,(H,50,58)(H,52,61). The predicted octanol–water partition coefficient (Wildman–Crippen LogP) is 5.98. The molecular weight excluding hydrogens is 870 g/mol. The van der Waals surface area contributed by atoms with Gasteiger partial charge in [-0.05, 0) is 79.6 Å². The number of ether oxygens (including phenoxy) is 3. The van der Waals surface area contributed by atoms with Gasteiger partial charge in [-0.2, -0.15) is 5.10 Å². The van der Waals surface area contributed by atoms with E-state index < -0.39 is 0 Å². The van der Waals surface area contributed by atoms with Crippen LogP contribution in [0, 0.1) is 0 Å². The maximum Gasteiger partial charge on any atom is 0.256 e. The van der Waals surface area contributed by atoms with Crippen molar-refractivity contribution >= 4 is 51.4 Å². The summed E-state index contributed by atoms with van der Waals surface area (Å²) >= 11 is 7.61. The molecule has 1 aliphatic carbocycles. The summed E-state index contributed by atoms with van der Waals surface area (Å²) in [7, 11) is 1.77. The Balaban J connectivity index is 1.03. The third kappa shape index (κ3) is 14.7. The SMILES string of the molecule is CCC(CC)N(CCN(C)C(=O)CCC(=O)NCCOCCOCCOCCO)Cc1cccc(C(=O)Nc2sc3c(c2C(=O)c2cnn(-c4ccc(Cl)cc4)c2)CCN(C2CC2)C3)c1. The van der Waals surface area contributed by atoms with E-state index in [4.69, 9.17) is 30.9 Å². The number of rotatable bonds is 28. The van der Waals surface area contributed by atoms with Crippen LogP contribution in [-0.4, -0.2) is 145 Å². The van der Waals surface area contributed by atoms with Crippen LogP contribution < -0.4 is 10.6 Å². The van der Waals surface area contributed by atoms with Gasteiger partial charge in [-0.25, -0.2) is 4.68 Å². The summed E-state index contributed by atoms with van der Waals surface area (Å²) < 4.78 is 17.6. The van der Waals surface area contributed by atoms with Gasteiger partial charge in [0.1, 0.15) is 5.00 Å². The number of nitrogens with zero attached hydrogens (tertiary/aromatic N) is 5. The van der Waals surface area contributed by atoms with Crippen LogP contribution in [0.25, 0.3) is 5.69 Å². The number of aliphatic hydroxyl groups excluding tert-OH is 1. The van der Waals surface area contributed by atoms with Gasteiger partial charge in [-0.1, -0.05) is 37.6 Å². The minimum absolute atomic E-state index is 0.0182. The lowest BCUT2D eigenvalue weighted by atomic mass is 9.97. The number of carbonyl (C=O) groups is 4. The largest absolute Gasteiger partial charge is 0.394 e. The molecule has 1 saturated carbocycles. The summed E-state index contributed by atoms with van der Waals surface area (Å²) in [5.74, 6) is -0.769. The van der Waals surface area contributed by atoms with E-state index in [9.17, 15) is 19.2 Å². The van der Waals surface area contributed by atoms with Gasteiger partial charge in [0.25, 0.3) is 5.91 Å². The smallest absolute Gasteiger partial charge is 0.256 e. The highest BCUT2D eigenvalue weighted by molar-refractivity contribution is 7.17. The van der Waals surface area contributed by atoms with Crippen LogP contribution in [0.2, 0.25) is 5.02 Å². The first kappa shape index (κ1) is 49.9. The van der Waals surface area contributed by atoms with Crippen LogP contribution in [-0.2, 0) is 43.3 Å². The number of carbonyl (C=O) groups excluding carboxylic acids is 4. The maximum atomic E-state index is 14.4. The number of anilines is 1. The number of aromatic nitrogens is 2. The first-order valence-electron chi connectivity index (χ1n) is 22.8. The molecule has 3 heterocycles. The molecule has 1 fully saturated rings. The third-order valence-electron chi connectivity index (χ3n) is 11.8. The molecule has 15 nitrogen and oxygen atoms in total. The number of likely N-dealkylation sites (N-methyl/N-ethyl adjacent to an activating group) is 1. The molecule has 1 aliphatic heterocycles. The molecule has 2 aromatic carbocycles. The van der Waals surface area contributed by atoms with E-state index in [1.165, 1.54) is 24.2 Å². The number of hydrogen-bond donors (Lipinski definition) is 3. The zero-order valence-electron chi connectivity index (χ0n) is 37.9. The molecular formula is C48H64ClN7O8S. The highest BCUT2D eigenvalue weighted by Crippen LogP contribution is 2.41. The van der Waals surface area contributed by atoms with Gasteiger partial charge in [-0.15, -0.1) is 11.3 Å². The number of halogens is 1. The minimum atomic E-state index is -0.283. The van der Waals surface area contributed by atoms with Crippen molar-refractivity contribution in [2.75, 3.05) is 84.8 Å². The van der Waals surface area contributed by atoms with E-state index in [0.717, 1.165) is 54.0 Å². The number of ketones is 1. The van der Waals surface area contributed by atoms with Gasteiger partial charge >= 0.3 is 0 Å². The fourth-order valence-electron chi connectivity index (χ4n) is 8.01. The Bertz CT molecular complexity index is 2170. The highest BCUT2D eigenvalue weighted by atomic mass is 35.5. The Hall–Kier alpha value is -4.52. The Morgan fingerprint density at radius 3 is 2.37 bits per heavy atom. The fraction of sp³-hybridized carbons (Fsp3) is 0.521. The molecule has 0 atom stereocenters. The van der Waals surface area contributed by atoms with Crippen molar-refractivity contribution in [3.63, 3.8) is 0 Å². The number of hydrogen-bond acceptors (Lipinski definition) is 12. The van der Waals surface area contributed by atoms with E-state index in [2.05, 4.69) is 39.4 Å². The predicted molar refractivity (Wildman–Crippen MR) is 252 cm³/mol. The number of nitrogens with one attached hydrogen (secondary N) is 2. The second kappa shape index (κ2) is 25.4. The van der Waals surface area contributed by atoms with E-state index in [0.29, 0.717) is 92.0 Å². The quantitative estimate of drug-likeness (QED) is 0.0453. The molecule has 0 spiro atoms. The van der Waals surface area contributed by atoms with Gasteiger partial charge in [0.2, 0.25) is 11.8 Å². The lowest BCUT2D eigenvalue weighted by Gasteiger charge is -2.32. The van der Waals surface area contributed by atoms with Crippen molar-refractivity contribution in [2.45, 2.75) is 84.0 Å². The maximum absolute atomic E-state index is 14.4. The zero-order valence-corrected chi connectivity index (χ0v) is 39.5. The van der Waals surface area contributed by atoms with Gasteiger partial charge in [0, 0.05) is 92.9 Å². The number of benzene rings is 2. The minimum Gasteiger partial charge on any atom is -0.394 e. The highest BCUT2D eigenvalue weighted by Gasteiger charge is 2.35. The number of fused-ring (bicyclic) bond motifs is 1. The molecule has 17 heteroatoms. The number of amides is 3. The lowest BCUT2D eigenvalue weighted by Crippen LogP contribution is -2.41. The second-order valence-electron chi connectivity index (χ2n) is 16.5. The molecule has 0 radical (unpaired) electrons. The summed E-state index contributed by atoms with van der Waals surface area (Å²) in [6.07, 6.45) is 8.46. The van der Waals surface area contributed by atoms with E-state index in [1.54, 1.807) is 47.2 Å². The monoisotopic (exact) mass is 933 g/mol. The van der Waals surface area contributed by atoms with Crippen LogP contribution in [0.15, 0.2) is 60.9 Å². The van der Waals surface area contributed by atoms with Crippen molar-refractivity contribution in [1.82, 2.24) is 29.8 Å².